The Bertz CT molecular complexity index is 216. The van der Waals surface area contributed by atoms with Crippen molar-refractivity contribution in [2.75, 3.05) is 6.61 Å². The molecule has 2 aliphatic rings. The lowest BCUT2D eigenvalue weighted by Gasteiger charge is -2.52. The SMILES string of the molecule is CC.CC.CC.C[C@]12CCCC(O)C1CCC[C@@H]2CCO. The zero-order valence-electron chi connectivity index (χ0n) is 15.8. The predicted molar refractivity (Wildman–Crippen MR) is 94.5 cm³/mol. The molecule has 4 atom stereocenters. The molecule has 0 aromatic carbocycles. The van der Waals surface area contributed by atoms with Crippen molar-refractivity contribution < 1.29 is 10.2 Å². The fourth-order valence-electron chi connectivity index (χ4n) is 4.09. The minimum atomic E-state index is -0.0785. The average Bonchev–Trinajstić information content (AvgIpc) is 2.55. The van der Waals surface area contributed by atoms with Crippen molar-refractivity contribution in [2.45, 2.75) is 99.5 Å². The third kappa shape index (κ3) is 6.28. The molecular formula is C19H42O2. The smallest absolute Gasteiger partial charge is 0.0573 e. The van der Waals surface area contributed by atoms with Gasteiger partial charge < -0.3 is 10.2 Å². The molecule has 0 heterocycles. The van der Waals surface area contributed by atoms with E-state index >= 15 is 0 Å². The van der Waals surface area contributed by atoms with Crippen LogP contribution in [0.1, 0.15) is 93.4 Å². The van der Waals surface area contributed by atoms with Gasteiger partial charge in [-0.2, -0.15) is 0 Å². The Morgan fingerprint density at radius 1 is 0.905 bits per heavy atom. The summed E-state index contributed by atoms with van der Waals surface area (Å²) in [6.07, 6.45) is 7.94. The van der Waals surface area contributed by atoms with Gasteiger partial charge >= 0.3 is 0 Å². The summed E-state index contributed by atoms with van der Waals surface area (Å²) in [5.41, 5.74) is 0.304. The second-order valence-corrected chi connectivity index (χ2v) is 5.71. The van der Waals surface area contributed by atoms with Crippen LogP contribution in [0.5, 0.6) is 0 Å². The van der Waals surface area contributed by atoms with Crippen LogP contribution in [0.3, 0.4) is 0 Å². The van der Waals surface area contributed by atoms with Gasteiger partial charge in [-0.05, 0) is 49.4 Å². The van der Waals surface area contributed by atoms with E-state index in [2.05, 4.69) is 6.92 Å². The van der Waals surface area contributed by atoms with Crippen LogP contribution >= 0.6 is 0 Å². The van der Waals surface area contributed by atoms with E-state index in [1.165, 1.54) is 25.7 Å². The Balaban J connectivity index is 0. The summed E-state index contributed by atoms with van der Waals surface area (Å²) >= 11 is 0. The molecule has 2 aliphatic carbocycles. The summed E-state index contributed by atoms with van der Waals surface area (Å²) < 4.78 is 0. The van der Waals surface area contributed by atoms with Gasteiger partial charge in [0, 0.05) is 6.61 Å². The minimum Gasteiger partial charge on any atom is -0.396 e. The molecular weight excluding hydrogens is 260 g/mol. The van der Waals surface area contributed by atoms with Crippen LogP contribution in [0.4, 0.5) is 0 Å². The van der Waals surface area contributed by atoms with Crippen LogP contribution in [0.2, 0.25) is 0 Å². The van der Waals surface area contributed by atoms with Gasteiger partial charge in [-0.15, -0.1) is 0 Å². The molecule has 2 fully saturated rings. The first-order valence-corrected chi connectivity index (χ1v) is 9.47. The lowest BCUT2D eigenvalue weighted by molar-refractivity contribution is -0.0824. The maximum Gasteiger partial charge on any atom is 0.0573 e. The number of hydrogen-bond acceptors (Lipinski definition) is 2. The van der Waals surface area contributed by atoms with E-state index in [0.29, 0.717) is 23.9 Å². The van der Waals surface area contributed by atoms with Crippen molar-refractivity contribution in [3.8, 4) is 0 Å². The number of rotatable bonds is 2. The molecule has 0 amide bonds. The van der Waals surface area contributed by atoms with Crippen molar-refractivity contribution in [3.63, 3.8) is 0 Å². The van der Waals surface area contributed by atoms with Gasteiger partial charge in [-0.3, -0.25) is 0 Å². The Labute approximate surface area is 134 Å². The van der Waals surface area contributed by atoms with Crippen molar-refractivity contribution in [1.82, 2.24) is 0 Å². The van der Waals surface area contributed by atoms with Crippen molar-refractivity contribution in [2.24, 2.45) is 17.3 Å². The molecule has 2 heteroatoms. The van der Waals surface area contributed by atoms with E-state index < -0.39 is 0 Å². The number of fused-ring (bicyclic) bond motifs is 1. The highest BCUT2D eigenvalue weighted by molar-refractivity contribution is 4.97. The number of hydrogen-bond donors (Lipinski definition) is 2. The van der Waals surface area contributed by atoms with Gasteiger partial charge in [0.25, 0.3) is 0 Å². The first kappa shape index (κ1) is 23.2. The van der Waals surface area contributed by atoms with Gasteiger partial charge in [0.2, 0.25) is 0 Å². The molecule has 2 unspecified atom stereocenters. The Morgan fingerprint density at radius 3 is 2.00 bits per heavy atom. The zero-order chi connectivity index (χ0) is 16.9. The Hall–Kier alpha value is -0.0800. The Morgan fingerprint density at radius 2 is 1.48 bits per heavy atom. The van der Waals surface area contributed by atoms with Crippen LogP contribution in [0, 0.1) is 17.3 Å². The second-order valence-electron chi connectivity index (χ2n) is 5.71. The number of aliphatic hydroxyl groups is 2. The van der Waals surface area contributed by atoms with Crippen LogP contribution in [-0.4, -0.2) is 22.9 Å². The van der Waals surface area contributed by atoms with E-state index in [9.17, 15) is 5.11 Å². The predicted octanol–water partition coefficient (Wildman–Crippen LogP) is 5.41. The summed E-state index contributed by atoms with van der Waals surface area (Å²) in [6.45, 7) is 14.7. The van der Waals surface area contributed by atoms with Crippen molar-refractivity contribution in [1.29, 1.82) is 0 Å². The highest BCUT2D eigenvalue weighted by atomic mass is 16.3. The summed E-state index contributed by atoms with van der Waals surface area (Å²) in [5, 5.41) is 19.2. The fourth-order valence-corrected chi connectivity index (χ4v) is 4.09. The first-order valence-electron chi connectivity index (χ1n) is 9.47. The molecule has 2 rings (SSSR count). The van der Waals surface area contributed by atoms with E-state index in [1.807, 2.05) is 41.5 Å². The number of aliphatic hydroxyl groups excluding tert-OH is 2. The van der Waals surface area contributed by atoms with Gasteiger partial charge in [-0.1, -0.05) is 61.3 Å². The summed E-state index contributed by atoms with van der Waals surface area (Å²) in [7, 11) is 0. The average molecular weight is 303 g/mol. The molecule has 130 valence electrons. The third-order valence-corrected chi connectivity index (χ3v) is 5.00. The lowest BCUT2D eigenvalue weighted by Crippen LogP contribution is -2.47. The van der Waals surface area contributed by atoms with Gasteiger partial charge in [-0.25, -0.2) is 0 Å². The van der Waals surface area contributed by atoms with E-state index in [-0.39, 0.29) is 6.10 Å². The van der Waals surface area contributed by atoms with Crippen LogP contribution in [0.15, 0.2) is 0 Å². The lowest BCUT2D eigenvalue weighted by atomic mass is 9.54. The van der Waals surface area contributed by atoms with Crippen LogP contribution < -0.4 is 0 Å². The second kappa shape index (κ2) is 13.6. The summed E-state index contributed by atoms with van der Waals surface area (Å²) in [6, 6.07) is 0. The Kier molecular flexibility index (Phi) is 15.0. The normalized spacial score (nSPS) is 33.9. The molecule has 0 saturated heterocycles. The van der Waals surface area contributed by atoms with Crippen molar-refractivity contribution >= 4 is 0 Å². The zero-order valence-corrected chi connectivity index (χ0v) is 15.8. The van der Waals surface area contributed by atoms with Crippen LogP contribution in [0.25, 0.3) is 0 Å². The highest BCUT2D eigenvalue weighted by Crippen LogP contribution is 2.54. The molecule has 0 spiro atoms. The van der Waals surface area contributed by atoms with Gasteiger partial charge in [0.15, 0.2) is 0 Å². The summed E-state index contributed by atoms with van der Waals surface area (Å²) in [5.74, 6) is 1.13. The van der Waals surface area contributed by atoms with E-state index in [0.717, 1.165) is 19.3 Å². The van der Waals surface area contributed by atoms with E-state index in [4.69, 9.17) is 5.11 Å². The molecule has 0 aromatic heterocycles. The largest absolute Gasteiger partial charge is 0.396 e. The molecule has 2 saturated carbocycles. The maximum absolute atomic E-state index is 10.1. The maximum atomic E-state index is 10.1. The molecule has 0 bridgehead atoms. The van der Waals surface area contributed by atoms with Crippen LogP contribution in [-0.2, 0) is 0 Å². The third-order valence-electron chi connectivity index (χ3n) is 5.00. The molecule has 21 heavy (non-hydrogen) atoms. The molecule has 0 radical (unpaired) electrons. The minimum absolute atomic E-state index is 0.0785. The molecule has 0 aliphatic heterocycles. The fraction of sp³-hybridized carbons (Fsp3) is 1.00. The van der Waals surface area contributed by atoms with Gasteiger partial charge in [0.05, 0.1) is 6.10 Å². The molecule has 2 nitrogen and oxygen atoms in total. The quantitative estimate of drug-likeness (QED) is 0.715. The van der Waals surface area contributed by atoms with E-state index in [1.54, 1.807) is 0 Å². The monoisotopic (exact) mass is 302 g/mol. The standard InChI is InChI=1S/C13H24O2.3C2H6/c1-13-8-3-6-12(15)11(13)5-2-4-10(13)7-9-14;3*1-2/h10-12,14-15H,2-9H2,1H3;3*1-2H3/t10-,11?,12?,13-;;;/m1.../s1. The topological polar surface area (TPSA) is 40.5 Å². The highest BCUT2D eigenvalue weighted by Gasteiger charge is 2.47. The molecule has 2 N–H and O–H groups in total. The first-order chi connectivity index (χ1) is 10.2. The molecule has 0 aromatic rings. The summed E-state index contributed by atoms with van der Waals surface area (Å²) in [4.78, 5) is 0. The van der Waals surface area contributed by atoms with Crippen molar-refractivity contribution in [3.05, 3.63) is 0 Å². The van der Waals surface area contributed by atoms with Gasteiger partial charge in [0.1, 0.15) is 0 Å².